The number of aromatic nitrogens is 2. The van der Waals surface area contributed by atoms with E-state index in [0.717, 1.165) is 44.1 Å². The first-order valence-electron chi connectivity index (χ1n) is 5.62. The standard InChI is InChI=1S/C11H18N4/c1-3-13-11-9-4-6-12-7-5-10(9)14-8(2)15-11/h12H,3-7H2,1-2H3,(H,13,14,15). The van der Waals surface area contributed by atoms with Gasteiger partial charge < -0.3 is 10.6 Å². The van der Waals surface area contributed by atoms with Crippen molar-refractivity contribution >= 4 is 5.82 Å². The van der Waals surface area contributed by atoms with E-state index in [0.29, 0.717) is 0 Å². The fraction of sp³-hybridized carbons (Fsp3) is 0.636. The summed E-state index contributed by atoms with van der Waals surface area (Å²) in [4.78, 5) is 8.99. The topological polar surface area (TPSA) is 49.8 Å². The van der Waals surface area contributed by atoms with Gasteiger partial charge in [0.25, 0.3) is 0 Å². The fourth-order valence-corrected chi connectivity index (χ4v) is 1.98. The van der Waals surface area contributed by atoms with Crippen LogP contribution in [0.3, 0.4) is 0 Å². The van der Waals surface area contributed by atoms with Gasteiger partial charge in [0.15, 0.2) is 0 Å². The Morgan fingerprint density at radius 3 is 2.87 bits per heavy atom. The average molecular weight is 206 g/mol. The Balaban J connectivity index is 2.40. The minimum absolute atomic E-state index is 0.867. The van der Waals surface area contributed by atoms with Gasteiger partial charge in [0.05, 0.1) is 5.69 Å². The van der Waals surface area contributed by atoms with Crippen molar-refractivity contribution in [3.8, 4) is 0 Å². The first-order chi connectivity index (χ1) is 7.31. The van der Waals surface area contributed by atoms with Gasteiger partial charge in [-0.25, -0.2) is 9.97 Å². The third kappa shape index (κ3) is 2.26. The Bertz CT molecular complexity index is 349. The summed E-state index contributed by atoms with van der Waals surface area (Å²) in [5, 5.41) is 6.71. The Morgan fingerprint density at radius 1 is 1.27 bits per heavy atom. The second kappa shape index (κ2) is 4.57. The van der Waals surface area contributed by atoms with Gasteiger partial charge in [-0.05, 0) is 26.8 Å². The highest BCUT2D eigenvalue weighted by molar-refractivity contribution is 5.47. The smallest absolute Gasteiger partial charge is 0.133 e. The summed E-state index contributed by atoms with van der Waals surface area (Å²) in [5.74, 6) is 1.90. The quantitative estimate of drug-likeness (QED) is 0.755. The lowest BCUT2D eigenvalue weighted by Crippen LogP contribution is -2.16. The van der Waals surface area contributed by atoms with Crippen molar-refractivity contribution < 1.29 is 0 Å². The molecule has 2 N–H and O–H groups in total. The summed E-state index contributed by atoms with van der Waals surface area (Å²) in [6.07, 6.45) is 2.04. The number of rotatable bonds is 2. The lowest BCUT2D eigenvalue weighted by Gasteiger charge is -2.12. The van der Waals surface area contributed by atoms with Crippen molar-refractivity contribution in [2.75, 3.05) is 25.0 Å². The van der Waals surface area contributed by atoms with Gasteiger partial charge in [-0.2, -0.15) is 0 Å². The minimum atomic E-state index is 0.867. The number of fused-ring (bicyclic) bond motifs is 1. The van der Waals surface area contributed by atoms with E-state index in [9.17, 15) is 0 Å². The summed E-state index contributed by atoms with van der Waals surface area (Å²) in [7, 11) is 0. The normalized spacial score (nSPS) is 15.6. The molecule has 0 radical (unpaired) electrons. The van der Waals surface area contributed by atoms with E-state index in [1.165, 1.54) is 11.3 Å². The van der Waals surface area contributed by atoms with Crippen LogP contribution in [0.4, 0.5) is 5.82 Å². The van der Waals surface area contributed by atoms with Crippen LogP contribution in [0.2, 0.25) is 0 Å². The average Bonchev–Trinajstić information content (AvgIpc) is 2.43. The van der Waals surface area contributed by atoms with Crippen LogP contribution in [0, 0.1) is 6.92 Å². The van der Waals surface area contributed by atoms with Crippen molar-refractivity contribution in [1.29, 1.82) is 0 Å². The van der Waals surface area contributed by atoms with E-state index in [4.69, 9.17) is 0 Å². The first kappa shape index (κ1) is 10.4. The lowest BCUT2D eigenvalue weighted by molar-refractivity contribution is 0.708. The van der Waals surface area contributed by atoms with Gasteiger partial charge in [-0.1, -0.05) is 0 Å². The van der Waals surface area contributed by atoms with Gasteiger partial charge in [0.2, 0.25) is 0 Å². The van der Waals surface area contributed by atoms with Crippen LogP contribution in [0.1, 0.15) is 24.0 Å². The molecule has 4 heteroatoms. The highest BCUT2D eigenvalue weighted by Gasteiger charge is 2.14. The molecule has 0 saturated heterocycles. The number of hydrogen-bond donors (Lipinski definition) is 2. The Morgan fingerprint density at radius 2 is 2.07 bits per heavy atom. The molecule has 1 aliphatic rings. The maximum absolute atomic E-state index is 4.53. The molecule has 0 amide bonds. The first-order valence-corrected chi connectivity index (χ1v) is 5.62. The molecule has 1 aromatic heterocycles. The predicted molar refractivity (Wildman–Crippen MR) is 61.2 cm³/mol. The molecule has 0 saturated carbocycles. The molecule has 4 nitrogen and oxygen atoms in total. The van der Waals surface area contributed by atoms with Crippen LogP contribution in [0.15, 0.2) is 0 Å². The Kier molecular flexibility index (Phi) is 3.16. The number of hydrogen-bond acceptors (Lipinski definition) is 4. The lowest BCUT2D eigenvalue weighted by atomic mass is 10.1. The maximum Gasteiger partial charge on any atom is 0.133 e. The van der Waals surface area contributed by atoms with Gasteiger partial charge in [0, 0.05) is 25.1 Å². The van der Waals surface area contributed by atoms with Crippen LogP contribution in [-0.4, -0.2) is 29.6 Å². The summed E-state index contributed by atoms with van der Waals surface area (Å²) >= 11 is 0. The van der Waals surface area contributed by atoms with Crippen LogP contribution in [-0.2, 0) is 12.8 Å². The zero-order chi connectivity index (χ0) is 10.7. The van der Waals surface area contributed by atoms with Gasteiger partial charge in [-0.3, -0.25) is 0 Å². The monoisotopic (exact) mass is 206 g/mol. The van der Waals surface area contributed by atoms with E-state index >= 15 is 0 Å². The van der Waals surface area contributed by atoms with E-state index in [2.05, 4.69) is 27.5 Å². The Labute approximate surface area is 90.5 Å². The zero-order valence-corrected chi connectivity index (χ0v) is 9.43. The van der Waals surface area contributed by atoms with Crippen molar-refractivity contribution in [3.05, 3.63) is 17.1 Å². The molecule has 2 rings (SSSR count). The predicted octanol–water partition coefficient (Wildman–Crippen LogP) is 0.905. The summed E-state index contributed by atoms with van der Waals surface area (Å²) in [6, 6.07) is 0. The zero-order valence-electron chi connectivity index (χ0n) is 9.43. The molecule has 1 aromatic rings. The van der Waals surface area contributed by atoms with E-state index in [-0.39, 0.29) is 0 Å². The fourth-order valence-electron chi connectivity index (χ4n) is 1.98. The molecule has 1 aliphatic heterocycles. The molecule has 2 heterocycles. The summed E-state index contributed by atoms with van der Waals surface area (Å²) in [5.41, 5.74) is 2.51. The molecule has 0 aromatic carbocycles. The third-order valence-electron chi connectivity index (χ3n) is 2.64. The molecule has 0 aliphatic carbocycles. The molecule has 82 valence electrons. The molecule has 0 fully saturated rings. The summed E-state index contributed by atoms with van der Waals surface area (Å²) < 4.78 is 0. The van der Waals surface area contributed by atoms with Crippen LogP contribution >= 0.6 is 0 Å². The highest BCUT2D eigenvalue weighted by Crippen LogP contribution is 2.19. The van der Waals surface area contributed by atoms with Gasteiger partial charge >= 0.3 is 0 Å². The molecular weight excluding hydrogens is 188 g/mol. The number of anilines is 1. The van der Waals surface area contributed by atoms with Crippen molar-refractivity contribution in [2.24, 2.45) is 0 Å². The van der Waals surface area contributed by atoms with Crippen LogP contribution in [0.5, 0.6) is 0 Å². The largest absolute Gasteiger partial charge is 0.370 e. The van der Waals surface area contributed by atoms with Gasteiger partial charge in [0.1, 0.15) is 11.6 Å². The van der Waals surface area contributed by atoms with Crippen LogP contribution < -0.4 is 10.6 Å². The number of nitrogens with zero attached hydrogens (tertiary/aromatic N) is 2. The van der Waals surface area contributed by atoms with E-state index < -0.39 is 0 Å². The van der Waals surface area contributed by atoms with E-state index in [1.807, 2.05) is 6.92 Å². The van der Waals surface area contributed by atoms with Crippen molar-refractivity contribution in [2.45, 2.75) is 26.7 Å². The van der Waals surface area contributed by atoms with E-state index in [1.54, 1.807) is 0 Å². The molecular formula is C11H18N4. The molecule has 0 atom stereocenters. The summed E-state index contributed by atoms with van der Waals surface area (Å²) in [6.45, 7) is 7.02. The highest BCUT2D eigenvalue weighted by atomic mass is 15.0. The second-order valence-corrected chi connectivity index (χ2v) is 3.83. The molecule has 0 spiro atoms. The van der Waals surface area contributed by atoms with Crippen LogP contribution in [0.25, 0.3) is 0 Å². The number of nitrogens with one attached hydrogen (secondary N) is 2. The van der Waals surface area contributed by atoms with Crippen molar-refractivity contribution in [1.82, 2.24) is 15.3 Å². The number of aryl methyl sites for hydroxylation is 1. The maximum atomic E-state index is 4.53. The van der Waals surface area contributed by atoms with Gasteiger partial charge in [-0.15, -0.1) is 0 Å². The second-order valence-electron chi connectivity index (χ2n) is 3.83. The SMILES string of the molecule is CCNc1nc(C)nc2c1CCNCC2. The molecule has 0 unspecified atom stereocenters. The van der Waals surface area contributed by atoms with Crippen molar-refractivity contribution in [3.63, 3.8) is 0 Å². The Hall–Kier alpha value is -1.16. The minimum Gasteiger partial charge on any atom is -0.370 e. The molecule has 15 heavy (non-hydrogen) atoms. The third-order valence-corrected chi connectivity index (χ3v) is 2.64. The molecule has 0 bridgehead atoms.